The lowest BCUT2D eigenvalue weighted by Gasteiger charge is -2.28. The quantitative estimate of drug-likeness (QED) is 0.639. The van der Waals surface area contributed by atoms with Crippen molar-refractivity contribution in [2.75, 3.05) is 30.0 Å². The molecule has 2 unspecified atom stereocenters. The predicted molar refractivity (Wildman–Crippen MR) is 80.0 cm³/mol. The first kappa shape index (κ1) is 14.4. The Morgan fingerprint density at radius 1 is 1.42 bits per heavy atom. The van der Waals surface area contributed by atoms with E-state index in [-0.39, 0.29) is 0 Å². The molecule has 1 aromatic heterocycles. The molecule has 2 N–H and O–H groups in total. The van der Waals surface area contributed by atoms with Crippen molar-refractivity contribution in [3.05, 3.63) is 6.07 Å². The maximum absolute atomic E-state index is 5.56. The molecule has 1 aliphatic heterocycles. The number of hydrogen-bond donors (Lipinski definition) is 2. The van der Waals surface area contributed by atoms with E-state index in [0.29, 0.717) is 12.1 Å². The van der Waals surface area contributed by atoms with Gasteiger partial charge in [0.2, 0.25) is 0 Å². The van der Waals surface area contributed by atoms with E-state index in [1.807, 2.05) is 12.3 Å². The highest BCUT2D eigenvalue weighted by atomic mass is 32.2. The van der Waals surface area contributed by atoms with Crippen LogP contribution in [0.4, 0.5) is 11.6 Å². The summed E-state index contributed by atoms with van der Waals surface area (Å²) in [7, 11) is 0. The first-order valence-electron chi connectivity index (χ1n) is 6.76. The maximum Gasteiger partial charge on any atom is 0.191 e. The molecule has 0 saturated carbocycles. The largest absolute Gasteiger partial charge is 0.378 e. The molecular weight excluding hydrogens is 260 g/mol. The third kappa shape index (κ3) is 4.24. The van der Waals surface area contributed by atoms with Crippen molar-refractivity contribution >= 4 is 23.4 Å². The van der Waals surface area contributed by atoms with Crippen molar-refractivity contribution < 1.29 is 4.74 Å². The van der Waals surface area contributed by atoms with Gasteiger partial charge < -0.3 is 15.4 Å². The van der Waals surface area contributed by atoms with Crippen LogP contribution in [0, 0.1) is 0 Å². The molecule has 106 valence electrons. The lowest BCUT2D eigenvalue weighted by molar-refractivity contribution is 0.0231. The Hall–Kier alpha value is -1.01. The minimum atomic E-state index is 0.321. The predicted octanol–water partition coefficient (Wildman–Crippen LogP) is 2.61. The summed E-state index contributed by atoms with van der Waals surface area (Å²) >= 11 is 1.56. The van der Waals surface area contributed by atoms with E-state index in [4.69, 9.17) is 4.74 Å². The summed E-state index contributed by atoms with van der Waals surface area (Å²) in [5.74, 6) is 1.78. The monoisotopic (exact) mass is 282 g/mol. The fourth-order valence-corrected chi connectivity index (χ4v) is 2.58. The molecule has 0 amide bonds. The zero-order valence-corrected chi connectivity index (χ0v) is 12.6. The van der Waals surface area contributed by atoms with Crippen LogP contribution in [0.5, 0.6) is 0 Å². The normalized spacial score (nSPS) is 23.1. The molecule has 19 heavy (non-hydrogen) atoms. The number of nitrogens with one attached hydrogen (secondary N) is 2. The number of anilines is 2. The topological polar surface area (TPSA) is 59.1 Å². The first-order chi connectivity index (χ1) is 9.21. The van der Waals surface area contributed by atoms with Crippen molar-refractivity contribution in [3.63, 3.8) is 0 Å². The highest BCUT2D eigenvalue weighted by molar-refractivity contribution is 7.98. The van der Waals surface area contributed by atoms with Crippen LogP contribution in [0.1, 0.15) is 26.7 Å². The van der Waals surface area contributed by atoms with E-state index in [9.17, 15) is 0 Å². The van der Waals surface area contributed by atoms with Crippen LogP contribution in [-0.2, 0) is 4.74 Å². The number of rotatable bonds is 5. The number of ether oxygens (including phenoxy) is 1. The second-order valence-electron chi connectivity index (χ2n) is 4.70. The Balaban J connectivity index is 2.07. The number of aromatic nitrogens is 2. The second-order valence-corrected chi connectivity index (χ2v) is 5.48. The average molecular weight is 282 g/mol. The van der Waals surface area contributed by atoms with Gasteiger partial charge in [0.25, 0.3) is 0 Å². The summed E-state index contributed by atoms with van der Waals surface area (Å²) < 4.78 is 5.56. The molecule has 1 fully saturated rings. The molecule has 0 spiro atoms. The van der Waals surface area contributed by atoms with Gasteiger partial charge in [0.05, 0.1) is 6.10 Å². The SMILES string of the molecule is CCNc1cc(NC2CCOC(C)C2)nc(SC)n1. The van der Waals surface area contributed by atoms with Gasteiger partial charge in [-0.3, -0.25) is 0 Å². The molecule has 1 aromatic rings. The van der Waals surface area contributed by atoms with Gasteiger partial charge in [0.1, 0.15) is 11.6 Å². The van der Waals surface area contributed by atoms with Gasteiger partial charge in [-0.25, -0.2) is 9.97 Å². The molecule has 0 bridgehead atoms. The molecule has 1 aliphatic rings. The van der Waals surface area contributed by atoms with E-state index in [0.717, 1.165) is 42.8 Å². The Labute approximate surface area is 118 Å². The van der Waals surface area contributed by atoms with Crippen LogP contribution in [0.2, 0.25) is 0 Å². The van der Waals surface area contributed by atoms with E-state index < -0.39 is 0 Å². The summed E-state index contributed by atoms with van der Waals surface area (Å²) in [6, 6.07) is 2.41. The van der Waals surface area contributed by atoms with Crippen molar-refractivity contribution in [1.29, 1.82) is 0 Å². The third-order valence-electron chi connectivity index (χ3n) is 3.08. The lowest BCUT2D eigenvalue weighted by Crippen LogP contribution is -2.32. The van der Waals surface area contributed by atoms with Crippen molar-refractivity contribution in [3.8, 4) is 0 Å². The second kappa shape index (κ2) is 6.96. The first-order valence-corrected chi connectivity index (χ1v) is 7.98. The minimum absolute atomic E-state index is 0.321. The van der Waals surface area contributed by atoms with Crippen LogP contribution in [0.15, 0.2) is 11.2 Å². The number of thioether (sulfide) groups is 1. The number of hydrogen-bond acceptors (Lipinski definition) is 6. The summed E-state index contributed by atoms with van der Waals surface area (Å²) in [5.41, 5.74) is 0. The van der Waals surface area contributed by atoms with Gasteiger partial charge in [-0.05, 0) is 32.9 Å². The molecule has 0 aliphatic carbocycles. The summed E-state index contributed by atoms with van der Waals surface area (Å²) in [4.78, 5) is 8.94. The van der Waals surface area contributed by atoms with Crippen LogP contribution < -0.4 is 10.6 Å². The molecule has 0 radical (unpaired) electrons. The Morgan fingerprint density at radius 2 is 2.21 bits per heavy atom. The zero-order valence-electron chi connectivity index (χ0n) is 11.8. The Kier molecular flexibility index (Phi) is 5.27. The highest BCUT2D eigenvalue weighted by Crippen LogP contribution is 2.21. The van der Waals surface area contributed by atoms with E-state index in [1.165, 1.54) is 0 Å². The summed E-state index contributed by atoms with van der Waals surface area (Å²) in [5, 5.41) is 7.53. The fraction of sp³-hybridized carbons (Fsp3) is 0.692. The maximum atomic E-state index is 5.56. The van der Waals surface area contributed by atoms with Gasteiger partial charge in [-0.2, -0.15) is 0 Å². The summed E-state index contributed by atoms with van der Waals surface area (Å²) in [6.07, 6.45) is 4.36. The minimum Gasteiger partial charge on any atom is -0.378 e. The van der Waals surface area contributed by atoms with Gasteiger partial charge in [0.15, 0.2) is 5.16 Å². The highest BCUT2D eigenvalue weighted by Gasteiger charge is 2.19. The molecule has 1 saturated heterocycles. The fourth-order valence-electron chi connectivity index (χ4n) is 2.20. The molecule has 0 aromatic carbocycles. The zero-order chi connectivity index (χ0) is 13.7. The van der Waals surface area contributed by atoms with E-state index >= 15 is 0 Å². The van der Waals surface area contributed by atoms with Crippen LogP contribution in [0.3, 0.4) is 0 Å². The third-order valence-corrected chi connectivity index (χ3v) is 3.63. The Morgan fingerprint density at radius 3 is 2.89 bits per heavy atom. The number of nitrogens with zero attached hydrogens (tertiary/aromatic N) is 2. The summed E-state index contributed by atoms with van der Waals surface area (Å²) in [6.45, 7) is 5.86. The lowest BCUT2D eigenvalue weighted by atomic mass is 10.0. The van der Waals surface area contributed by atoms with Crippen molar-refractivity contribution in [1.82, 2.24) is 9.97 Å². The Bertz CT molecular complexity index is 416. The van der Waals surface area contributed by atoms with Crippen molar-refractivity contribution in [2.45, 2.75) is 44.0 Å². The van der Waals surface area contributed by atoms with Gasteiger partial charge in [-0.1, -0.05) is 11.8 Å². The van der Waals surface area contributed by atoms with Crippen molar-refractivity contribution in [2.24, 2.45) is 0 Å². The van der Waals surface area contributed by atoms with Crippen LogP contribution >= 0.6 is 11.8 Å². The van der Waals surface area contributed by atoms with Crippen LogP contribution in [0.25, 0.3) is 0 Å². The average Bonchev–Trinajstić information content (AvgIpc) is 2.39. The van der Waals surface area contributed by atoms with Gasteiger partial charge in [-0.15, -0.1) is 0 Å². The van der Waals surface area contributed by atoms with Gasteiger partial charge in [0, 0.05) is 25.3 Å². The molecule has 2 rings (SSSR count). The molecule has 2 atom stereocenters. The molecule has 2 heterocycles. The molecule has 5 nitrogen and oxygen atoms in total. The standard InChI is InChI=1S/C13H22N4OS/c1-4-14-11-8-12(17-13(16-11)19-3)15-10-5-6-18-9(2)7-10/h8-10H,4-7H2,1-3H3,(H2,14,15,16,17). The van der Waals surface area contributed by atoms with E-state index in [1.54, 1.807) is 11.8 Å². The smallest absolute Gasteiger partial charge is 0.191 e. The van der Waals surface area contributed by atoms with E-state index in [2.05, 4.69) is 34.4 Å². The van der Waals surface area contributed by atoms with Gasteiger partial charge >= 0.3 is 0 Å². The van der Waals surface area contributed by atoms with Crippen LogP contribution in [-0.4, -0.2) is 41.5 Å². The molecular formula is C13H22N4OS. The molecule has 6 heteroatoms.